The number of thiazole rings is 1. The number of rotatable bonds is 6. The zero-order chi connectivity index (χ0) is 20.4. The fourth-order valence-corrected chi connectivity index (χ4v) is 4.00. The van der Waals surface area contributed by atoms with Gasteiger partial charge in [-0.25, -0.2) is 15.0 Å². The second-order valence-corrected chi connectivity index (χ2v) is 7.41. The Balaban J connectivity index is 1.73. The number of aromatic nitrogens is 3. The molecule has 0 radical (unpaired) electrons. The molecule has 2 aromatic carbocycles. The van der Waals surface area contributed by atoms with E-state index in [1.807, 2.05) is 56.3 Å². The van der Waals surface area contributed by atoms with E-state index >= 15 is 0 Å². The number of hydrogen-bond acceptors (Lipinski definition) is 8. The van der Waals surface area contributed by atoms with Crippen LogP contribution in [0, 0.1) is 17.0 Å². The fourth-order valence-electron chi connectivity index (χ4n) is 3.05. The van der Waals surface area contributed by atoms with Gasteiger partial charge in [-0.2, -0.15) is 0 Å². The highest BCUT2D eigenvalue weighted by atomic mass is 32.1. The van der Waals surface area contributed by atoms with Gasteiger partial charge in [0.1, 0.15) is 6.33 Å². The van der Waals surface area contributed by atoms with Crippen molar-refractivity contribution >= 4 is 49.7 Å². The van der Waals surface area contributed by atoms with Gasteiger partial charge >= 0.3 is 5.69 Å². The Kier molecular flexibility index (Phi) is 5.05. The largest absolute Gasteiger partial charge is 0.353 e. The molecule has 2 heterocycles. The van der Waals surface area contributed by atoms with Crippen LogP contribution < -0.4 is 10.6 Å². The minimum absolute atomic E-state index is 0.0955. The normalized spacial score (nSPS) is 10.8. The quantitative estimate of drug-likeness (QED) is 0.328. The van der Waals surface area contributed by atoms with E-state index in [0.717, 1.165) is 33.5 Å². The van der Waals surface area contributed by atoms with Gasteiger partial charge in [0, 0.05) is 5.69 Å². The van der Waals surface area contributed by atoms with E-state index in [9.17, 15) is 10.1 Å². The first-order valence-electron chi connectivity index (χ1n) is 9.04. The summed E-state index contributed by atoms with van der Waals surface area (Å²) < 4.78 is 0.999. The lowest BCUT2D eigenvalue weighted by atomic mass is 10.1. The second-order valence-electron chi connectivity index (χ2n) is 6.38. The van der Waals surface area contributed by atoms with Gasteiger partial charge in [-0.1, -0.05) is 48.6 Å². The third-order valence-electron chi connectivity index (χ3n) is 4.50. The molecule has 0 saturated heterocycles. The van der Waals surface area contributed by atoms with Crippen LogP contribution in [0.5, 0.6) is 0 Å². The molecule has 0 fully saturated rings. The van der Waals surface area contributed by atoms with Gasteiger partial charge in [0.2, 0.25) is 11.6 Å². The van der Waals surface area contributed by atoms with Crippen LogP contribution in [0.1, 0.15) is 18.1 Å². The van der Waals surface area contributed by atoms with Gasteiger partial charge in [-0.05, 0) is 36.6 Å². The van der Waals surface area contributed by atoms with Crippen molar-refractivity contribution < 1.29 is 4.92 Å². The first-order chi connectivity index (χ1) is 14.1. The highest BCUT2D eigenvalue weighted by molar-refractivity contribution is 7.22. The maximum atomic E-state index is 11.8. The Morgan fingerprint density at radius 3 is 2.55 bits per heavy atom. The number of fused-ring (bicyclic) bond motifs is 1. The first-order valence-corrected chi connectivity index (χ1v) is 9.86. The molecule has 4 aromatic rings. The third-order valence-corrected chi connectivity index (χ3v) is 5.44. The first kappa shape index (κ1) is 18.8. The predicted molar refractivity (Wildman–Crippen MR) is 115 cm³/mol. The maximum Gasteiger partial charge on any atom is 0.353 e. The number of nitrogens with zero attached hydrogens (tertiary/aromatic N) is 4. The van der Waals surface area contributed by atoms with Crippen molar-refractivity contribution in [2.24, 2.45) is 0 Å². The summed E-state index contributed by atoms with van der Waals surface area (Å²) in [5.74, 6) is 0.226. The van der Waals surface area contributed by atoms with E-state index in [-0.39, 0.29) is 17.3 Å². The van der Waals surface area contributed by atoms with E-state index in [1.54, 1.807) is 0 Å². The Labute approximate surface area is 170 Å². The van der Waals surface area contributed by atoms with Crippen molar-refractivity contribution in [1.82, 2.24) is 15.0 Å². The van der Waals surface area contributed by atoms with Crippen LogP contribution in [0.3, 0.4) is 0 Å². The Morgan fingerprint density at radius 2 is 1.83 bits per heavy atom. The molecule has 8 nitrogen and oxygen atoms in total. The van der Waals surface area contributed by atoms with E-state index in [0.29, 0.717) is 5.13 Å². The highest BCUT2D eigenvalue weighted by Crippen LogP contribution is 2.36. The van der Waals surface area contributed by atoms with Crippen LogP contribution in [0.25, 0.3) is 10.2 Å². The highest BCUT2D eigenvalue weighted by Gasteiger charge is 2.24. The van der Waals surface area contributed by atoms with Crippen molar-refractivity contribution in [3.63, 3.8) is 0 Å². The van der Waals surface area contributed by atoms with Gasteiger partial charge in [0.15, 0.2) is 5.13 Å². The summed E-state index contributed by atoms with van der Waals surface area (Å²) in [4.78, 5) is 24.1. The van der Waals surface area contributed by atoms with Gasteiger partial charge in [0.05, 0.1) is 15.1 Å². The lowest BCUT2D eigenvalue weighted by molar-refractivity contribution is -0.383. The monoisotopic (exact) mass is 406 g/mol. The average molecular weight is 406 g/mol. The molecular weight excluding hydrogens is 388 g/mol. The van der Waals surface area contributed by atoms with Crippen LogP contribution in [0.4, 0.5) is 28.1 Å². The standard InChI is InChI=1S/C20H18N6O2S/c1-3-13-8-4-5-9-14(13)23-18-17(26(27)28)19(22-11-21-18)25-20-24-16-12(2)7-6-10-15(16)29-20/h4-11H,3H2,1-2H3,(H2,21,22,23,24,25). The zero-order valence-corrected chi connectivity index (χ0v) is 16.7. The van der Waals surface area contributed by atoms with Crippen LogP contribution in [0.15, 0.2) is 48.8 Å². The lowest BCUT2D eigenvalue weighted by Crippen LogP contribution is -2.06. The molecule has 0 amide bonds. The number of hydrogen-bond donors (Lipinski definition) is 2. The third kappa shape index (κ3) is 3.72. The molecule has 0 saturated carbocycles. The van der Waals surface area contributed by atoms with Gasteiger partial charge < -0.3 is 10.6 Å². The fraction of sp³-hybridized carbons (Fsp3) is 0.150. The molecule has 0 aliphatic carbocycles. The van der Waals surface area contributed by atoms with Gasteiger partial charge in [-0.3, -0.25) is 10.1 Å². The number of benzene rings is 2. The minimum Gasteiger partial charge on any atom is -0.334 e. The van der Waals surface area contributed by atoms with Gasteiger partial charge in [-0.15, -0.1) is 0 Å². The number of anilines is 4. The van der Waals surface area contributed by atoms with E-state index < -0.39 is 4.92 Å². The van der Waals surface area contributed by atoms with Crippen molar-refractivity contribution in [3.8, 4) is 0 Å². The molecule has 0 aliphatic rings. The van der Waals surface area contributed by atoms with Crippen LogP contribution in [0.2, 0.25) is 0 Å². The molecule has 2 aromatic heterocycles. The SMILES string of the molecule is CCc1ccccc1Nc1ncnc(Nc2nc3c(C)cccc3s2)c1[N+](=O)[O-]. The molecule has 0 spiro atoms. The Hall–Kier alpha value is -3.59. The number of para-hydroxylation sites is 2. The Morgan fingerprint density at radius 1 is 1.07 bits per heavy atom. The minimum atomic E-state index is -0.488. The molecule has 146 valence electrons. The molecule has 0 aliphatic heterocycles. The van der Waals surface area contributed by atoms with E-state index in [1.165, 1.54) is 17.7 Å². The second kappa shape index (κ2) is 7.80. The van der Waals surface area contributed by atoms with E-state index in [2.05, 4.69) is 25.6 Å². The van der Waals surface area contributed by atoms with Crippen LogP contribution in [-0.4, -0.2) is 19.9 Å². The van der Waals surface area contributed by atoms with Crippen LogP contribution >= 0.6 is 11.3 Å². The molecule has 9 heteroatoms. The average Bonchev–Trinajstić information content (AvgIpc) is 3.12. The van der Waals surface area contributed by atoms with Crippen LogP contribution in [-0.2, 0) is 6.42 Å². The summed E-state index contributed by atoms with van der Waals surface area (Å²) in [6, 6.07) is 13.5. The van der Waals surface area contributed by atoms with Crippen molar-refractivity contribution in [2.45, 2.75) is 20.3 Å². The molecule has 2 N–H and O–H groups in total. The predicted octanol–water partition coefficient (Wildman–Crippen LogP) is 5.35. The summed E-state index contributed by atoms with van der Waals surface area (Å²) >= 11 is 1.42. The summed E-state index contributed by atoms with van der Waals surface area (Å²) in [7, 11) is 0. The molecule has 0 atom stereocenters. The molecular formula is C20H18N6O2S. The van der Waals surface area contributed by atoms with Crippen molar-refractivity contribution in [3.05, 3.63) is 70.0 Å². The van der Waals surface area contributed by atoms with Crippen molar-refractivity contribution in [2.75, 3.05) is 10.6 Å². The zero-order valence-electron chi connectivity index (χ0n) is 15.8. The molecule has 0 bridgehead atoms. The Bertz CT molecular complexity index is 1210. The number of nitrogens with one attached hydrogen (secondary N) is 2. The number of nitro groups is 1. The summed E-state index contributed by atoms with van der Waals surface area (Å²) in [6.45, 7) is 4.00. The summed E-state index contributed by atoms with van der Waals surface area (Å²) in [5, 5.41) is 18.5. The maximum absolute atomic E-state index is 11.8. The van der Waals surface area contributed by atoms with Crippen molar-refractivity contribution in [1.29, 1.82) is 0 Å². The van der Waals surface area contributed by atoms with E-state index in [4.69, 9.17) is 0 Å². The molecule has 4 rings (SSSR count). The van der Waals surface area contributed by atoms with Gasteiger partial charge in [0.25, 0.3) is 0 Å². The molecule has 29 heavy (non-hydrogen) atoms. The summed E-state index contributed by atoms with van der Waals surface area (Å²) in [5.41, 5.74) is 3.50. The smallest absolute Gasteiger partial charge is 0.334 e. The number of aryl methyl sites for hydroxylation is 2. The molecule has 0 unspecified atom stereocenters. The topological polar surface area (TPSA) is 106 Å². The lowest BCUT2D eigenvalue weighted by Gasteiger charge is -2.11. The summed E-state index contributed by atoms with van der Waals surface area (Å²) in [6.07, 6.45) is 2.09.